The van der Waals surface area contributed by atoms with Gasteiger partial charge in [0.25, 0.3) is 5.91 Å². The standard InChI is InChI=1S/C13H15F3N2O2.C2HF3O2/c14-13(15,16)11-2-1-10(20-11)12(19)18-9-3-7-5-17-6-8(7)4-9;3-2(4,5)1(6)7/h1-2,7-9,17H,3-6H2,(H,18,19);(H,6,7). The molecule has 0 aromatic carbocycles. The van der Waals surface area contributed by atoms with E-state index in [1.54, 1.807) is 0 Å². The Kier molecular flexibility index (Phi) is 6.07. The van der Waals surface area contributed by atoms with Crippen molar-refractivity contribution in [3.8, 4) is 0 Å². The zero-order valence-electron chi connectivity index (χ0n) is 13.7. The molecule has 1 aromatic rings. The fourth-order valence-corrected chi connectivity index (χ4v) is 3.15. The predicted octanol–water partition coefficient (Wildman–Crippen LogP) is 2.66. The summed E-state index contributed by atoms with van der Waals surface area (Å²) in [7, 11) is 0. The highest BCUT2D eigenvalue weighted by Crippen LogP contribution is 2.35. The lowest BCUT2D eigenvalue weighted by Gasteiger charge is -2.12. The van der Waals surface area contributed by atoms with Gasteiger partial charge >= 0.3 is 18.3 Å². The highest BCUT2D eigenvalue weighted by atomic mass is 19.4. The first-order chi connectivity index (χ1) is 12.4. The van der Waals surface area contributed by atoms with Crippen LogP contribution in [-0.2, 0) is 11.0 Å². The summed E-state index contributed by atoms with van der Waals surface area (Å²) in [4.78, 5) is 20.8. The van der Waals surface area contributed by atoms with Crippen molar-refractivity contribution in [2.45, 2.75) is 31.2 Å². The van der Waals surface area contributed by atoms with E-state index < -0.39 is 30.0 Å². The van der Waals surface area contributed by atoms with E-state index in [1.165, 1.54) is 0 Å². The van der Waals surface area contributed by atoms with Crippen LogP contribution in [0.5, 0.6) is 0 Å². The number of fused-ring (bicyclic) bond motifs is 1. The van der Waals surface area contributed by atoms with Gasteiger partial charge in [-0.25, -0.2) is 4.79 Å². The number of rotatable bonds is 2. The second-order valence-corrected chi connectivity index (χ2v) is 6.28. The van der Waals surface area contributed by atoms with Crippen LogP contribution in [0, 0.1) is 11.8 Å². The number of carboxylic acid groups (broad SMARTS) is 1. The van der Waals surface area contributed by atoms with Crippen LogP contribution in [0.15, 0.2) is 16.5 Å². The topological polar surface area (TPSA) is 91.6 Å². The Morgan fingerprint density at radius 2 is 1.59 bits per heavy atom. The number of carboxylic acids is 1. The van der Waals surface area contributed by atoms with Gasteiger partial charge in [-0.05, 0) is 49.9 Å². The quantitative estimate of drug-likeness (QED) is 0.662. The fraction of sp³-hybridized carbons (Fsp3) is 0.600. The lowest BCUT2D eigenvalue weighted by atomic mass is 10.0. The molecule has 1 aromatic heterocycles. The predicted molar refractivity (Wildman–Crippen MR) is 77.7 cm³/mol. The van der Waals surface area contributed by atoms with Crippen molar-refractivity contribution >= 4 is 11.9 Å². The summed E-state index contributed by atoms with van der Waals surface area (Å²) in [6.07, 6.45) is -7.90. The molecule has 1 aliphatic carbocycles. The van der Waals surface area contributed by atoms with Crippen molar-refractivity contribution in [2.24, 2.45) is 11.8 Å². The van der Waals surface area contributed by atoms with Gasteiger partial charge in [-0.3, -0.25) is 4.79 Å². The third-order valence-corrected chi connectivity index (χ3v) is 4.34. The minimum absolute atomic E-state index is 0.0269. The van der Waals surface area contributed by atoms with E-state index in [2.05, 4.69) is 15.1 Å². The smallest absolute Gasteiger partial charge is 0.475 e. The lowest BCUT2D eigenvalue weighted by molar-refractivity contribution is -0.192. The van der Waals surface area contributed by atoms with Crippen molar-refractivity contribution in [1.29, 1.82) is 0 Å². The Bertz CT molecular complexity index is 673. The third-order valence-electron chi connectivity index (χ3n) is 4.34. The van der Waals surface area contributed by atoms with Crippen LogP contribution in [0.1, 0.15) is 29.2 Å². The number of halogens is 6. The first-order valence-electron chi connectivity index (χ1n) is 7.86. The van der Waals surface area contributed by atoms with E-state index in [9.17, 15) is 31.1 Å². The van der Waals surface area contributed by atoms with Crippen molar-refractivity contribution in [2.75, 3.05) is 13.1 Å². The largest absolute Gasteiger partial charge is 0.490 e. The molecule has 3 rings (SSSR count). The number of aliphatic carboxylic acids is 1. The number of carbonyl (C=O) groups excluding carboxylic acids is 1. The van der Waals surface area contributed by atoms with Crippen LogP contribution in [-0.4, -0.2) is 42.3 Å². The van der Waals surface area contributed by atoms with Gasteiger partial charge in [0.05, 0.1) is 0 Å². The molecule has 1 saturated carbocycles. The molecule has 2 heterocycles. The maximum atomic E-state index is 12.4. The molecule has 2 unspecified atom stereocenters. The molecule has 1 amide bonds. The highest BCUT2D eigenvalue weighted by molar-refractivity contribution is 5.91. The SMILES string of the molecule is O=C(NC1CC2CNCC2C1)c1ccc(C(F)(F)F)o1.O=C(O)C(F)(F)F. The highest BCUT2D eigenvalue weighted by Gasteiger charge is 2.39. The number of hydrogen-bond donors (Lipinski definition) is 3. The van der Waals surface area contributed by atoms with Crippen molar-refractivity contribution in [3.63, 3.8) is 0 Å². The Morgan fingerprint density at radius 3 is 2.00 bits per heavy atom. The van der Waals surface area contributed by atoms with Crippen molar-refractivity contribution in [3.05, 3.63) is 23.7 Å². The Morgan fingerprint density at radius 1 is 1.07 bits per heavy atom. The molecular weight excluding hydrogens is 386 g/mol. The second kappa shape index (κ2) is 7.79. The minimum Gasteiger partial charge on any atom is -0.475 e. The van der Waals surface area contributed by atoms with E-state index in [4.69, 9.17) is 9.90 Å². The summed E-state index contributed by atoms with van der Waals surface area (Å²) < 4.78 is 73.5. The van der Waals surface area contributed by atoms with E-state index in [0.717, 1.165) is 38.1 Å². The Hall–Kier alpha value is -2.24. The van der Waals surface area contributed by atoms with Crippen LogP contribution in [0.25, 0.3) is 0 Å². The molecule has 0 spiro atoms. The van der Waals surface area contributed by atoms with Crippen LogP contribution in [0.4, 0.5) is 26.3 Å². The number of carbonyl (C=O) groups is 2. The molecule has 2 fully saturated rings. The Labute approximate surface area is 148 Å². The summed E-state index contributed by atoms with van der Waals surface area (Å²) in [5, 5.41) is 13.2. The normalized spacial score (nSPS) is 24.7. The van der Waals surface area contributed by atoms with Gasteiger partial charge in [0.15, 0.2) is 5.76 Å². The second-order valence-electron chi connectivity index (χ2n) is 6.28. The zero-order chi connectivity index (χ0) is 20.4. The molecule has 3 N–H and O–H groups in total. The molecule has 0 radical (unpaired) electrons. The number of amides is 1. The molecule has 1 saturated heterocycles. The van der Waals surface area contributed by atoms with E-state index in [1.807, 2.05) is 0 Å². The molecule has 12 heteroatoms. The number of hydrogen-bond acceptors (Lipinski definition) is 4. The van der Waals surface area contributed by atoms with Gasteiger partial charge in [-0.15, -0.1) is 0 Å². The molecule has 2 atom stereocenters. The average Bonchev–Trinajstić information content (AvgIpc) is 3.21. The molecule has 0 bridgehead atoms. The van der Waals surface area contributed by atoms with Gasteiger partial charge in [0.2, 0.25) is 5.76 Å². The van der Waals surface area contributed by atoms with Crippen LogP contribution < -0.4 is 10.6 Å². The first-order valence-corrected chi connectivity index (χ1v) is 7.86. The summed E-state index contributed by atoms with van der Waals surface area (Å²) >= 11 is 0. The zero-order valence-corrected chi connectivity index (χ0v) is 13.7. The average molecular weight is 402 g/mol. The van der Waals surface area contributed by atoms with Gasteiger partial charge < -0.3 is 20.2 Å². The summed E-state index contributed by atoms with van der Waals surface area (Å²) in [5.74, 6) is -3.64. The number of alkyl halides is 6. The molecule has 152 valence electrons. The minimum atomic E-state index is -5.08. The van der Waals surface area contributed by atoms with Crippen molar-refractivity contribution in [1.82, 2.24) is 10.6 Å². The number of furan rings is 1. The molecule has 2 aliphatic rings. The fourth-order valence-electron chi connectivity index (χ4n) is 3.15. The van der Waals surface area contributed by atoms with E-state index in [-0.39, 0.29) is 11.8 Å². The maximum absolute atomic E-state index is 12.4. The maximum Gasteiger partial charge on any atom is 0.490 e. The van der Waals surface area contributed by atoms with Gasteiger partial charge in [-0.1, -0.05) is 0 Å². The molecule has 1 aliphatic heterocycles. The van der Waals surface area contributed by atoms with Crippen molar-refractivity contribution < 1.29 is 45.5 Å². The first kappa shape index (κ1) is 21.1. The van der Waals surface area contributed by atoms with Gasteiger partial charge in [-0.2, -0.15) is 26.3 Å². The summed E-state index contributed by atoms with van der Waals surface area (Å²) in [5.41, 5.74) is 0. The summed E-state index contributed by atoms with van der Waals surface area (Å²) in [6.45, 7) is 1.91. The molecular formula is C15H16F6N2O4. The molecule has 6 nitrogen and oxygen atoms in total. The summed E-state index contributed by atoms with van der Waals surface area (Å²) in [6, 6.07) is 1.87. The van der Waals surface area contributed by atoms with Crippen LogP contribution >= 0.6 is 0 Å². The monoisotopic (exact) mass is 402 g/mol. The number of nitrogens with one attached hydrogen (secondary N) is 2. The third kappa shape index (κ3) is 5.62. The van der Waals surface area contributed by atoms with E-state index >= 15 is 0 Å². The van der Waals surface area contributed by atoms with Crippen LogP contribution in [0.2, 0.25) is 0 Å². The Balaban J connectivity index is 0.000000321. The van der Waals surface area contributed by atoms with Gasteiger partial charge in [0.1, 0.15) is 0 Å². The molecule has 27 heavy (non-hydrogen) atoms. The lowest BCUT2D eigenvalue weighted by Crippen LogP contribution is -2.34. The van der Waals surface area contributed by atoms with Gasteiger partial charge in [0, 0.05) is 6.04 Å². The van der Waals surface area contributed by atoms with E-state index in [0.29, 0.717) is 11.8 Å². The van der Waals surface area contributed by atoms with Crippen LogP contribution in [0.3, 0.4) is 0 Å².